The van der Waals surface area contributed by atoms with E-state index in [-0.39, 0.29) is 12.6 Å². The SMILES string of the molecule is CCCC(O)CNS(=O)(=O)N(C)C(C)C. The van der Waals surface area contributed by atoms with E-state index in [4.69, 9.17) is 0 Å². The van der Waals surface area contributed by atoms with Gasteiger partial charge in [-0.05, 0) is 20.3 Å². The summed E-state index contributed by atoms with van der Waals surface area (Å²) in [5.74, 6) is 0. The molecule has 15 heavy (non-hydrogen) atoms. The summed E-state index contributed by atoms with van der Waals surface area (Å²) in [4.78, 5) is 0. The van der Waals surface area contributed by atoms with Crippen molar-refractivity contribution in [3.63, 3.8) is 0 Å². The van der Waals surface area contributed by atoms with E-state index >= 15 is 0 Å². The third-order valence-corrected chi connectivity index (χ3v) is 3.94. The number of rotatable bonds is 7. The van der Waals surface area contributed by atoms with E-state index in [9.17, 15) is 13.5 Å². The summed E-state index contributed by atoms with van der Waals surface area (Å²) in [6, 6.07) is -0.0918. The molecule has 0 spiro atoms. The fourth-order valence-corrected chi connectivity index (χ4v) is 2.18. The molecule has 1 unspecified atom stereocenters. The minimum atomic E-state index is -3.45. The average molecular weight is 238 g/mol. The van der Waals surface area contributed by atoms with E-state index in [0.717, 1.165) is 6.42 Å². The predicted octanol–water partition coefficient (Wildman–Crippen LogP) is 0.322. The first-order valence-electron chi connectivity index (χ1n) is 5.22. The highest BCUT2D eigenvalue weighted by Gasteiger charge is 2.20. The Morgan fingerprint density at radius 2 is 1.93 bits per heavy atom. The second kappa shape index (κ2) is 6.42. The lowest BCUT2D eigenvalue weighted by atomic mass is 10.2. The van der Waals surface area contributed by atoms with Gasteiger partial charge in [-0.1, -0.05) is 13.3 Å². The number of aliphatic hydroxyl groups is 1. The Morgan fingerprint density at radius 3 is 2.33 bits per heavy atom. The quantitative estimate of drug-likeness (QED) is 0.671. The van der Waals surface area contributed by atoms with Gasteiger partial charge in [-0.15, -0.1) is 0 Å². The zero-order chi connectivity index (χ0) is 12.1. The third kappa shape index (κ3) is 5.46. The molecule has 0 heterocycles. The van der Waals surface area contributed by atoms with Gasteiger partial charge in [0.25, 0.3) is 10.2 Å². The van der Waals surface area contributed by atoms with Crippen molar-refractivity contribution >= 4 is 10.2 Å². The van der Waals surface area contributed by atoms with E-state index in [1.165, 1.54) is 11.4 Å². The van der Waals surface area contributed by atoms with Crippen LogP contribution < -0.4 is 4.72 Å². The highest BCUT2D eigenvalue weighted by atomic mass is 32.2. The number of nitrogens with zero attached hydrogens (tertiary/aromatic N) is 1. The molecule has 0 saturated heterocycles. The van der Waals surface area contributed by atoms with Gasteiger partial charge in [-0.25, -0.2) is 0 Å². The molecule has 0 aromatic rings. The molecule has 0 amide bonds. The van der Waals surface area contributed by atoms with Crippen molar-refractivity contribution in [3.05, 3.63) is 0 Å². The zero-order valence-corrected chi connectivity index (χ0v) is 10.7. The van der Waals surface area contributed by atoms with E-state index in [0.29, 0.717) is 6.42 Å². The third-order valence-electron chi connectivity index (χ3n) is 2.23. The van der Waals surface area contributed by atoms with Gasteiger partial charge in [0.05, 0.1) is 6.10 Å². The molecule has 0 fully saturated rings. The van der Waals surface area contributed by atoms with Crippen LogP contribution in [-0.2, 0) is 10.2 Å². The van der Waals surface area contributed by atoms with Crippen molar-refractivity contribution in [2.75, 3.05) is 13.6 Å². The molecule has 0 bridgehead atoms. The molecule has 0 aliphatic carbocycles. The molecule has 6 heteroatoms. The van der Waals surface area contributed by atoms with Gasteiger partial charge in [-0.2, -0.15) is 17.4 Å². The van der Waals surface area contributed by atoms with Gasteiger partial charge in [0.1, 0.15) is 0 Å². The smallest absolute Gasteiger partial charge is 0.279 e. The zero-order valence-electron chi connectivity index (χ0n) is 9.90. The molecular weight excluding hydrogens is 216 g/mol. The number of aliphatic hydroxyl groups excluding tert-OH is 1. The van der Waals surface area contributed by atoms with E-state index in [1.54, 1.807) is 13.8 Å². The van der Waals surface area contributed by atoms with Crippen LogP contribution in [0.3, 0.4) is 0 Å². The van der Waals surface area contributed by atoms with Crippen molar-refractivity contribution in [1.82, 2.24) is 9.03 Å². The Kier molecular flexibility index (Phi) is 6.35. The van der Waals surface area contributed by atoms with Gasteiger partial charge in [0.2, 0.25) is 0 Å². The van der Waals surface area contributed by atoms with E-state index in [2.05, 4.69) is 4.72 Å². The minimum Gasteiger partial charge on any atom is -0.392 e. The largest absolute Gasteiger partial charge is 0.392 e. The highest BCUT2D eigenvalue weighted by Crippen LogP contribution is 2.01. The normalized spacial score (nSPS) is 14.9. The maximum absolute atomic E-state index is 11.6. The van der Waals surface area contributed by atoms with Crippen LogP contribution in [0.1, 0.15) is 33.6 Å². The van der Waals surface area contributed by atoms with Gasteiger partial charge < -0.3 is 5.11 Å². The van der Waals surface area contributed by atoms with E-state index in [1.807, 2.05) is 6.92 Å². The van der Waals surface area contributed by atoms with Gasteiger partial charge >= 0.3 is 0 Å². The van der Waals surface area contributed by atoms with Crippen LogP contribution in [0, 0.1) is 0 Å². The molecule has 0 aliphatic rings. The van der Waals surface area contributed by atoms with Crippen LogP contribution in [0.15, 0.2) is 0 Å². The van der Waals surface area contributed by atoms with Crippen LogP contribution in [0.4, 0.5) is 0 Å². The first-order chi connectivity index (χ1) is 6.81. The van der Waals surface area contributed by atoms with Crippen molar-refractivity contribution in [2.45, 2.75) is 45.8 Å². The van der Waals surface area contributed by atoms with Crippen LogP contribution in [0.2, 0.25) is 0 Å². The van der Waals surface area contributed by atoms with Gasteiger partial charge in [0.15, 0.2) is 0 Å². The fourth-order valence-electron chi connectivity index (χ4n) is 1.02. The summed E-state index contributed by atoms with van der Waals surface area (Å²) < 4.78 is 26.8. The lowest BCUT2D eigenvalue weighted by Crippen LogP contribution is -2.44. The molecule has 0 aromatic carbocycles. The van der Waals surface area contributed by atoms with Crippen LogP contribution in [-0.4, -0.2) is 43.6 Å². The molecule has 5 nitrogen and oxygen atoms in total. The molecule has 0 saturated carbocycles. The molecule has 0 rings (SSSR count). The Labute approximate surface area is 92.7 Å². The van der Waals surface area contributed by atoms with Crippen molar-refractivity contribution in [1.29, 1.82) is 0 Å². The Balaban J connectivity index is 4.16. The number of hydrogen-bond donors (Lipinski definition) is 2. The molecule has 0 aliphatic heterocycles. The maximum Gasteiger partial charge on any atom is 0.279 e. The number of nitrogens with one attached hydrogen (secondary N) is 1. The fraction of sp³-hybridized carbons (Fsp3) is 1.00. The lowest BCUT2D eigenvalue weighted by Gasteiger charge is -2.22. The second-order valence-corrected chi connectivity index (χ2v) is 5.72. The maximum atomic E-state index is 11.6. The first kappa shape index (κ1) is 14.8. The Hall–Kier alpha value is -0.170. The average Bonchev–Trinajstić information content (AvgIpc) is 2.14. The number of hydrogen-bond acceptors (Lipinski definition) is 3. The second-order valence-electron chi connectivity index (χ2n) is 3.91. The predicted molar refractivity (Wildman–Crippen MR) is 60.7 cm³/mol. The summed E-state index contributed by atoms with van der Waals surface area (Å²) in [5.41, 5.74) is 0. The van der Waals surface area contributed by atoms with Crippen LogP contribution in [0.25, 0.3) is 0 Å². The molecular formula is C9H22N2O3S. The van der Waals surface area contributed by atoms with Gasteiger partial charge in [-0.3, -0.25) is 0 Å². The molecule has 0 radical (unpaired) electrons. The summed E-state index contributed by atoms with van der Waals surface area (Å²) in [5, 5.41) is 9.39. The molecule has 92 valence electrons. The van der Waals surface area contributed by atoms with E-state index < -0.39 is 16.3 Å². The molecule has 0 aromatic heterocycles. The summed E-state index contributed by atoms with van der Waals surface area (Å²) >= 11 is 0. The topological polar surface area (TPSA) is 69.6 Å². The summed E-state index contributed by atoms with van der Waals surface area (Å²) in [6.07, 6.45) is 0.835. The highest BCUT2D eigenvalue weighted by molar-refractivity contribution is 7.87. The van der Waals surface area contributed by atoms with Crippen molar-refractivity contribution in [3.8, 4) is 0 Å². The minimum absolute atomic E-state index is 0.0766. The Morgan fingerprint density at radius 1 is 1.40 bits per heavy atom. The van der Waals surface area contributed by atoms with Crippen LogP contribution >= 0.6 is 0 Å². The van der Waals surface area contributed by atoms with Crippen LogP contribution in [0.5, 0.6) is 0 Å². The monoisotopic (exact) mass is 238 g/mol. The molecule has 2 N–H and O–H groups in total. The van der Waals surface area contributed by atoms with Gasteiger partial charge in [0, 0.05) is 19.6 Å². The van der Waals surface area contributed by atoms with Crippen molar-refractivity contribution in [2.24, 2.45) is 0 Å². The summed E-state index contributed by atoms with van der Waals surface area (Å²) in [7, 11) is -1.94. The summed E-state index contributed by atoms with van der Waals surface area (Å²) in [6.45, 7) is 5.61. The first-order valence-corrected chi connectivity index (χ1v) is 6.66. The van der Waals surface area contributed by atoms with Crippen molar-refractivity contribution < 1.29 is 13.5 Å². The molecule has 1 atom stereocenters. The lowest BCUT2D eigenvalue weighted by molar-refractivity contribution is 0.166. The Bertz CT molecular complexity index is 265. The standard InChI is InChI=1S/C9H22N2O3S/c1-5-6-9(12)7-10-15(13,14)11(4)8(2)3/h8-10,12H,5-7H2,1-4H3.